The van der Waals surface area contributed by atoms with E-state index in [-0.39, 0.29) is 5.91 Å². The Morgan fingerprint density at radius 1 is 1.05 bits per heavy atom. The Bertz CT molecular complexity index is 325. The van der Waals surface area contributed by atoms with Gasteiger partial charge >= 0.3 is 0 Å². The maximum atomic E-state index is 12.2. The second kappa shape index (κ2) is 5.75. The molecule has 0 aromatic rings. The predicted molar refractivity (Wildman–Crippen MR) is 67.7 cm³/mol. The van der Waals surface area contributed by atoms with Gasteiger partial charge in [-0.3, -0.25) is 9.69 Å². The zero-order valence-corrected chi connectivity index (χ0v) is 11.3. The molecule has 0 radical (unpaired) electrons. The van der Waals surface area contributed by atoms with Crippen molar-refractivity contribution in [1.29, 1.82) is 0 Å². The Balaban J connectivity index is 1.52. The molecule has 0 aliphatic carbocycles. The summed E-state index contributed by atoms with van der Waals surface area (Å²) in [5, 5.41) is 0. The van der Waals surface area contributed by atoms with Gasteiger partial charge in [0, 0.05) is 19.5 Å². The molecule has 0 aromatic carbocycles. The Hall–Kier alpha value is -0.690. The highest BCUT2D eigenvalue weighted by atomic mass is 16.7. The van der Waals surface area contributed by atoms with Gasteiger partial charge in [-0.25, -0.2) is 0 Å². The van der Waals surface area contributed by atoms with Crippen LogP contribution in [0.5, 0.6) is 0 Å². The number of carbonyl (C=O) groups excluding carboxylic acids is 1. The summed E-state index contributed by atoms with van der Waals surface area (Å²) in [7, 11) is 0. The van der Waals surface area contributed by atoms with E-state index in [2.05, 4.69) is 4.90 Å². The van der Waals surface area contributed by atoms with Crippen molar-refractivity contribution in [2.24, 2.45) is 0 Å². The zero-order chi connectivity index (χ0) is 13.1. The molecule has 3 fully saturated rings. The first-order valence-electron chi connectivity index (χ1n) is 7.13. The summed E-state index contributed by atoms with van der Waals surface area (Å²) in [6.07, 6.45) is 1.96. The molecular formula is C13H22N2O4. The van der Waals surface area contributed by atoms with Gasteiger partial charge in [0.15, 0.2) is 5.79 Å². The molecule has 0 N–H and O–H groups in total. The van der Waals surface area contributed by atoms with Gasteiger partial charge < -0.3 is 19.1 Å². The van der Waals surface area contributed by atoms with Crippen molar-refractivity contribution in [2.45, 2.75) is 18.6 Å². The molecule has 6 heteroatoms. The Kier molecular flexibility index (Phi) is 4.02. The van der Waals surface area contributed by atoms with Crippen LogP contribution in [0, 0.1) is 0 Å². The first-order valence-corrected chi connectivity index (χ1v) is 7.13. The van der Waals surface area contributed by atoms with Crippen molar-refractivity contribution < 1.29 is 19.0 Å². The highest BCUT2D eigenvalue weighted by molar-refractivity contribution is 5.78. The zero-order valence-electron chi connectivity index (χ0n) is 11.3. The van der Waals surface area contributed by atoms with E-state index < -0.39 is 5.79 Å². The minimum absolute atomic E-state index is 0.193. The van der Waals surface area contributed by atoms with Crippen molar-refractivity contribution in [3.63, 3.8) is 0 Å². The quantitative estimate of drug-likeness (QED) is 0.688. The van der Waals surface area contributed by atoms with Crippen molar-refractivity contribution in [3.05, 3.63) is 0 Å². The standard InChI is InChI=1S/C13H22N2O4/c16-12(15-4-6-17-7-5-15)10-14-3-1-2-13(11-14)18-8-9-19-13/h1-11H2. The molecule has 3 aliphatic heterocycles. The molecule has 108 valence electrons. The van der Waals surface area contributed by atoms with Crippen LogP contribution in [0.2, 0.25) is 0 Å². The number of amides is 1. The average Bonchev–Trinajstić information content (AvgIpc) is 2.88. The topological polar surface area (TPSA) is 51.2 Å². The number of piperidine rings is 1. The van der Waals surface area contributed by atoms with Gasteiger partial charge in [-0.1, -0.05) is 0 Å². The fourth-order valence-electron chi connectivity index (χ4n) is 3.04. The molecule has 3 aliphatic rings. The number of nitrogens with zero attached hydrogens (tertiary/aromatic N) is 2. The first-order chi connectivity index (χ1) is 9.27. The largest absolute Gasteiger partial charge is 0.378 e. The van der Waals surface area contributed by atoms with Crippen LogP contribution in [-0.4, -0.2) is 80.6 Å². The van der Waals surface area contributed by atoms with Crippen molar-refractivity contribution >= 4 is 5.91 Å². The molecule has 0 bridgehead atoms. The molecule has 0 atom stereocenters. The van der Waals surface area contributed by atoms with Crippen LogP contribution in [-0.2, 0) is 19.0 Å². The van der Waals surface area contributed by atoms with E-state index in [0.717, 1.165) is 19.4 Å². The minimum atomic E-state index is -0.441. The summed E-state index contributed by atoms with van der Waals surface area (Å²) in [5.41, 5.74) is 0. The third-order valence-electron chi connectivity index (χ3n) is 4.03. The number of ether oxygens (including phenoxy) is 3. The molecule has 3 heterocycles. The Morgan fingerprint density at radius 2 is 1.79 bits per heavy atom. The number of carbonyl (C=O) groups is 1. The monoisotopic (exact) mass is 270 g/mol. The minimum Gasteiger partial charge on any atom is -0.378 e. The average molecular weight is 270 g/mol. The van der Waals surface area contributed by atoms with Gasteiger partial charge in [-0.15, -0.1) is 0 Å². The molecule has 19 heavy (non-hydrogen) atoms. The van der Waals surface area contributed by atoms with Crippen LogP contribution in [0.15, 0.2) is 0 Å². The number of likely N-dealkylation sites (tertiary alicyclic amines) is 1. The summed E-state index contributed by atoms with van der Waals surface area (Å²) in [4.78, 5) is 16.3. The van der Waals surface area contributed by atoms with E-state index >= 15 is 0 Å². The summed E-state index contributed by atoms with van der Waals surface area (Å²) in [6, 6.07) is 0. The summed E-state index contributed by atoms with van der Waals surface area (Å²) in [5.74, 6) is -0.248. The highest BCUT2D eigenvalue weighted by Crippen LogP contribution is 2.29. The number of hydrogen-bond donors (Lipinski definition) is 0. The van der Waals surface area contributed by atoms with Gasteiger partial charge in [-0.05, 0) is 13.0 Å². The Morgan fingerprint density at radius 3 is 2.53 bits per heavy atom. The Labute approximate surface area is 113 Å². The molecule has 1 amide bonds. The third-order valence-corrected chi connectivity index (χ3v) is 4.03. The highest BCUT2D eigenvalue weighted by Gasteiger charge is 2.41. The number of hydrogen-bond acceptors (Lipinski definition) is 5. The molecule has 0 saturated carbocycles. The van der Waals surface area contributed by atoms with E-state index in [1.54, 1.807) is 0 Å². The molecule has 0 aromatic heterocycles. The van der Waals surface area contributed by atoms with Crippen LogP contribution in [0.25, 0.3) is 0 Å². The van der Waals surface area contributed by atoms with Crippen LogP contribution < -0.4 is 0 Å². The molecular weight excluding hydrogens is 248 g/mol. The molecule has 6 nitrogen and oxygen atoms in total. The summed E-state index contributed by atoms with van der Waals surface area (Å²) < 4.78 is 16.7. The smallest absolute Gasteiger partial charge is 0.236 e. The molecule has 0 unspecified atom stereocenters. The molecule has 3 saturated heterocycles. The van der Waals surface area contributed by atoms with Crippen molar-refractivity contribution in [3.8, 4) is 0 Å². The lowest BCUT2D eigenvalue weighted by atomic mass is 10.0. The second-order valence-corrected chi connectivity index (χ2v) is 5.41. The second-order valence-electron chi connectivity index (χ2n) is 5.41. The fourth-order valence-corrected chi connectivity index (χ4v) is 3.04. The maximum Gasteiger partial charge on any atom is 0.236 e. The normalized spacial score (nSPS) is 27.9. The van der Waals surface area contributed by atoms with Crippen LogP contribution in [0.3, 0.4) is 0 Å². The van der Waals surface area contributed by atoms with Gasteiger partial charge in [0.05, 0.1) is 39.5 Å². The van der Waals surface area contributed by atoms with Gasteiger partial charge in [-0.2, -0.15) is 0 Å². The molecule has 3 rings (SSSR count). The molecule has 1 spiro atoms. The van der Waals surface area contributed by atoms with Crippen molar-refractivity contribution in [2.75, 3.05) is 59.2 Å². The van der Waals surface area contributed by atoms with E-state index in [1.165, 1.54) is 0 Å². The van der Waals surface area contributed by atoms with Crippen LogP contribution >= 0.6 is 0 Å². The lowest BCUT2D eigenvalue weighted by Crippen LogP contribution is -2.53. The fraction of sp³-hybridized carbons (Fsp3) is 0.923. The van der Waals surface area contributed by atoms with Gasteiger partial charge in [0.1, 0.15) is 0 Å². The SMILES string of the molecule is O=C(CN1CCCC2(C1)OCCO2)N1CCOCC1. The summed E-state index contributed by atoms with van der Waals surface area (Å²) in [6.45, 7) is 6.21. The maximum absolute atomic E-state index is 12.2. The third kappa shape index (κ3) is 3.08. The van der Waals surface area contributed by atoms with Crippen molar-refractivity contribution in [1.82, 2.24) is 9.80 Å². The number of morpholine rings is 1. The first kappa shape index (κ1) is 13.3. The van der Waals surface area contributed by atoms with E-state index in [1.807, 2.05) is 4.90 Å². The van der Waals surface area contributed by atoms with Crippen LogP contribution in [0.1, 0.15) is 12.8 Å². The lowest BCUT2D eigenvalue weighted by molar-refractivity contribution is -0.190. The lowest BCUT2D eigenvalue weighted by Gasteiger charge is -2.39. The van der Waals surface area contributed by atoms with E-state index in [0.29, 0.717) is 52.6 Å². The predicted octanol–water partition coefficient (Wildman–Crippen LogP) is -0.316. The van der Waals surface area contributed by atoms with Gasteiger partial charge in [0.25, 0.3) is 0 Å². The summed E-state index contributed by atoms with van der Waals surface area (Å²) >= 11 is 0. The number of rotatable bonds is 2. The van der Waals surface area contributed by atoms with E-state index in [9.17, 15) is 4.79 Å². The van der Waals surface area contributed by atoms with E-state index in [4.69, 9.17) is 14.2 Å². The van der Waals surface area contributed by atoms with Crippen LogP contribution in [0.4, 0.5) is 0 Å². The van der Waals surface area contributed by atoms with Gasteiger partial charge in [0.2, 0.25) is 5.91 Å².